The Balaban J connectivity index is 1.62. The molecule has 1 aromatic heterocycles. The Bertz CT molecular complexity index is 1310. The molecule has 0 aliphatic carbocycles. The van der Waals surface area contributed by atoms with E-state index in [0.29, 0.717) is 17.1 Å². The number of rotatable bonds is 10. The molecule has 14 heteroatoms. The van der Waals surface area contributed by atoms with E-state index in [1.54, 1.807) is 6.92 Å². The molecule has 0 saturated carbocycles. The lowest BCUT2D eigenvalue weighted by molar-refractivity contribution is -0.385. The molecule has 0 unspecified atom stereocenters. The van der Waals surface area contributed by atoms with Gasteiger partial charge >= 0.3 is 0 Å². The van der Waals surface area contributed by atoms with Gasteiger partial charge in [0, 0.05) is 35.5 Å². The van der Waals surface area contributed by atoms with Crippen LogP contribution in [0.3, 0.4) is 0 Å². The van der Waals surface area contributed by atoms with Gasteiger partial charge in [0.25, 0.3) is 17.3 Å². The Hall–Kier alpha value is -4.33. The van der Waals surface area contributed by atoms with Gasteiger partial charge in [-0.25, -0.2) is 4.98 Å². The number of nitro groups is 2. The summed E-state index contributed by atoms with van der Waals surface area (Å²) in [6.07, 6.45) is 0. The lowest BCUT2D eigenvalue weighted by atomic mass is 10.0. The molecule has 0 fully saturated rings. The fraction of sp³-hybridized carbons (Fsp3) is 0.273. The van der Waals surface area contributed by atoms with Crippen LogP contribution in [0.15, 0.2) is 47.6 Å². The lowest BCUT2D eigenvalue weighted by Gasteiger charge is -2.19. The van der Waals surface area contributed by atoms with Crippen LogP contribution in [0.1, 0.15) is 41.6 Å². The zero-order valence-electron chi connectivity index (χ0n) is 19.5. The second-order valence-electron chi connectivity index (χ2n) is 8.10. The van der Waals surface area contributed by atoms with Crippen LogP contribution >= 0.6 is 11.8 Å². The molecule has 0 spiro atoms. The number of carbonyl (C=O) groups excluding carboxylic acids is 2. The Morgan fingerprint density at radius 1 is 1.08 bits per heavy atom. The van der Waals surface area contributed by atoms with Gasteiger partial charge in [-0.1, -0.05) is 31.7 Å². The molecule has 36 heavy (non-hydrogen) atoms. The highest BCUT2D eigenvalue weighted by molar-refractivity contribution is 7.99. The third kappa shape index (κ3) is 6.63. The molecule has 2 amide bonds. The molecule has 2 aromatic carbocycles. The Morgan fingerprint density at radius 2 is 1.78 bits per heavy atom. The van der Waals surface area contributed by atoms with Crippen molar-refractivity contribution in [2.75, 3.05) is 11.1 Å². The number of nitrogens with one attached hydrogen (secondary N) is 3. The summed E-state index contributed by atoms with van der Waals surface area (Å²) in [7, 11) is 0. The molecule has 0 bridgehead atoms. The maximum Gasteiger partial charge on any atom is 0.270 e. The van der Waals surface area contributed by atoms with Crippen LogP contribution in [0.2, 0.25) is 0 Å². The van der Waals surface area contributed by atoms with Gasteiger partial charge in [0.1, 0.15) is 5.82 Å². The van der Waals surface area contributed by atoms with Crippen LogP contribution in [0, 0.1) is 33.1 Å². The number of aryl methyl sites for hydroxylation is 1. The molecule has 13 nitrogen and oxygen atoms in total. The molecule has 188 valence electrons. The average Bonchev–Trinajstić information content (AvgIpc) is 3.30. The maximum atomic E-state index is 12.7. The molecule has 3 rings (SSSR count). The van der Waals surface area contributed by atoms with Gasteiger partial charge in [-0.05, 0) is 30.5 Å². The normalized spacial score (nSPS) is 11.7. The van der Waals surface area contributed by atoms with Gasteiger partial charge in [-0.15, -0.1) is 5.10 Å². The van der Waals surface area contributed by atoms with Crippen LogP contribution in [-0.2, 0) is 4.79 Å². The largest absolute Gasteiger partial charge is 0.342 e. The fourth-order valence-electron chi connectivity index (χ4n) is 3.22. The third-order valence-electron chi connectivity index (χ3n) is 5.08. The Kier molecular flexibility index (Phi) is 8.32. The predicted octanol–water partition coefficient (Wildman–Crippen LogP) is 3.79. The summed E-state index contributed by atoms with van der Waals surface area (Å²) in [5.74, 6) is -0.576. The molecule has 0 aliphatic rings. The SMILES string of the molecule is Cc1cc([N+](=O)[O-])ccc1NC(=O)CSc1n[nH]c([C@H](NC(=O)c2cccc([N+](=O)[O-])c2)C(C)C)n1. The van der Waals surface area contributed by atoms with Crippen molar-refractivity contribution in [3.8, 4) is 0 Å². The minimum absolute atomic E-state index is 0.0138. The predicted molar refractivity (Wildman–Crippen MR) is 132 cm³/mol. The number of hydrogen-bond donors (Lipinski definition) is 3. The first-order valence-electron chi connectivity index (χ1n) is 10.7. The second-order valence-corrected chi connectivity index (χ2v) is 9.04. The van der Waals surface area contributed by atoms with E-state index in [1.807, 2.05) is 13.8 Å². The van der Waals surface area contributed by atoms with Gasteiger partial charge in [0.05, 0.1) is 21.6 Å². The molecular formula is C22H23N7O6S. The van der Waals surface area contributed by atoms with E-state index in [0.717, 1.165) is 11.8 Å². The Labute approximate surface area is 209 Å². The van der Waals surface area contributed by atoms with E-state index in [1.165, 1.54) is 42.5 Å². The number of non-ortho nitro benzene ring substituents is 2. The number of nitrogens with zero attached hydrogens (tertiary/aromatic N) is 4. The van der Waals surface area contributed by atoms with Crippen LogP contribution in [-0.4, -0.2) is 42.6 Å². The van der Waals surface area contributed by atoms with E-state index < -0.39 is 21.8 Å². The summed E-state index contributed by atoms with van der Waals surface area (Å²) in [5, 5.41) is 34.5. The molecule has 0 aliphatic heterocycles. The first-order chi connectivity index (χ1) is 17.0. The first-order valence-corrected chi connectivity index (χ1v) is 11.7. The van der Waals surface area contributed by atoms with Crippen LogP contribution in [0.25, 0.3) is 0 Å². The quantitative estimate of drug-likeness (QED) is 0.206. The van der Waals surface area contributed by atoms with Gasteiger partial charge in [-0.2, -0.15) is 0 Å². The number of H-pyrrole nitrogens is 1. The number of hydrogen-bond acceptors (Lipinski definition) is 9. The minimum Gasteiger partial charge on any atom is -0.342 e. The highest BCUT2D eigenvalue weighted by Crippen LogP contribution is 2.24. The zero-order valence-corrected chi connectivity index (χ0v) is 20.4. The first kappa shape index (κ1) is 26.3. The molecular weight excluding hydrogens is 490 g/mol. The second kappa shape index (κ2) is 11.4. The van der Waals surface area contributed by atoms with Crippen molar-refractivity contribution < 1.29 is 19.4 Å². The van der Waals surface area contributed by atoms with Crippen molar-refractivity contribution in [3.05, 3.63) is 79.6 Å². The zero-order chi connectivity index (χ0) is 26.4. The van der Waals surface area contributed by atoms with Crippen molar-refractivity contribution in [2.24, 2.45) is 5.92 Å². The van der Waals surface area contributed by atoms with E-state index in [4.69, 9.17) is 0 Å². The van der Waals surface area contributed by atoms with E-state index in [2.05, 4.69) is 25.8 Å². The lowest BCUT2D eigenvalue weighted by Crippen LogP contribution is -2.32. The summed E-state index contributed by atoms with van der Waals surface area (Å²) in [5.41, 5.74) is 0.907. The van der Waals surface area contributed by atoms with Crippen LogP contribution in [0.5, 0.6) is 0 Å². The van der Waals surface area contributed by atoms with Crippen molar-refractivity contribution in [1.29, 1.82) is 0 Å². The van der Waals surface area contributed by atoms with Crippen molar-refractivity contribution >= 4 is 40.6 Å². The van der Waals surface area contributed by atoms with Crippen molar-refractivity contribution in [3.63, 3.8) is 0 Å². The van der Waals surface area contributed by atoms with Gasteiger partial charge in [-0.3, -0.25) is 34.9 Å². The fourth-order valence-corrected chi connectivity index (χ4v) is 3.82. The minimum atomic E-state index is -0.574. The molecule has 3 N–H and O–H groups in total. The summed E-state index contributed by atoms with van der Waals surface area (Å²) in [6.45, 7) is 5.40. The monoisotopic (exact) mass is 513 g/mol. The summed E-state index contributed by atoms with van der Waals surface area (Å²) in [4.78, 5) is 50.2. The summed E-state index contributed by atoms with van der Waals surface area (Å²) >= 11 is 1.07. The molecule has 1 heterocycles. The average molecular weight is 514 g/mol. The number of thioether (sulfide) groups is 1. The van der Waals surface area contributed by atoms with Crippen LogP contribution < -0.4 is 10.6 Å². The molecule has 3 aromatic rings. The highest BCUT2D eigenvalue weighted by atomic mass is 32.2. The number of nitro benzene ring substituents is 2. The van der Waals surface area contributed by atoms with E-state index in [-0.39, 0.29) is 39.7 Å². The van der Waals surface area contributed by atoms with Crippen LogP contribution in [0.4, 0.5) is 17.1 Å². The number of aromatic nitrogens is 3. The van der Waals surface area contributed by atoms with Gasteiger partial charge in [0.15, 0.2) is 0 Å². The van der Waals surface area contributed by atoms with Gasteiger partial charge in [0.2, 0.25) is 11.1 Å². The molecule has 0 radical (unpaired) electrons. The Morgan fingerprint density at radius 3 is 2.42 bits per heavy atom. The topological polar surface area (TPSA) is 186 Å². The summed E-state index contributed by atoms with van der Waals surface area (Å²) < 4.78 is 0. The number of benzene rings is 2. The molecule has 0 saturated heterocycles. The maximum absolute atomic E-state index is 12.7. The number of anilines is 1. The summed E-state index contributed by atoms with van der Waals surface area (Å²) in [6, 6.07) is 9.00. The van der Waals surface area contributed by atoms with Crippen molar-refractivity contribution in [1.82, 2.24) is 20.5 Å². The third-order valence-corrected chi connectivity index (χ3v) is 5.92. The number of aromatic amines is 1. The highest BCUT2D eigenvalue weighted by Gasteiger charge is 2.24. The number of carbonyl (C=O) groups is 2. The standard InChI is InChI=1S/C22H23N7O6S/c1-12(2)19(24-21(31)14-5-4-6-15(10-14)28(32)33)20-25-22(27-26-20)36-11-18(30)23-17-8-7-16(29(34)35)9-13(17)3/h4-10,12,19H,11H2,1-3H3,(H,23,30)(H,24,31)(H,25,26,27)/t19-/m1/s1. The van der Waals surface area contributed by atoms with Crippen molar-refractivity contribution in [2.45, 2.75) is 32.0 Å². The number of amides is 2. The van der Waals surface area contributed by atoms with E-state index in [9.17, 15) is 29.8 Å². The van der Waals surface area contributed by atoms with E-state index >= 15 is 0 Å². The molecule has 1 atom stereocenters. The smallest absolute Gasteiger partial charge is 0.270 e. The van der Waals surface area contributed by atoms with Gasteiger partial charge < -0.3 is 10.6 Å².